The number of nitrogens with one attached hydrogen (secondary N) is 1. The van der Waals surface area contributed by atoms with Crippen molar-refractivity contribution in [3.05, 3.63) is 69.3 Å². The summed E-state index contributed by atoms with van der Waals surface area (Å²) in [6.07, 6.45) is 1.09. The number of aromatic amines is 1. The summed E-state index contributed by atoms with van der Waals surface area (Å²) in [4.78, 5) is 15.9. The van der Waals surface area contributed by atoms with E-state index in [1.807, 2.05) is 30.3 Å². The molecule has 0 saturated heterocycles. The number of hydrogen-bond donors (Lipinski definition) is 2. The van der Waals surface area contributed by atoms with E-state index in [2.05, 4.69) is 4.98 Å². The molecule has 2 N–H and O–H groups in total. The van der Waals surface area contributed by atoms with E-state index in [4.69, 9.17) is 11.6 Å². The Balaban J connectivity index is 2.06. The van der Waals surface area contributed by atoms with Crippen LogP contribution in [0, 0.1) is 0 Å². The van der Waals surface area contributed by atoms with Crippen molar-refractivity contribution in [3.8, 4) is 28.0 Å². The zero-order chi connectivity index (χ0) is 20.1. The van der Waals surface area contributed by atoms with E-state index >= 15 is 0 Å². The molecule has 0 spiro atoms. The third-order valence-electron chi connectivity index (χ3n) is 4.41. The highest BCUT2D eigenvalue weighted by molar-refractivity contribution is 7.90. The Kier molecular flexibility index (Phi) is 4.53. The lowest BCUT2D eigenvalue weighted by Crippen LogP contribution is -2.09. The molecule has 142 valence electrons. The number of benzene rings is 2. The lowest BCUT2D eigenvalue weighted by atomic mass is 10.0. The zero-order valence-corrected chi connectivity index (χ0v) is 17.0. The summed E-state index contributed by atoms with van der Waals surface area (Å²) in [6.45, 7) is 0. The van der Waals surface area contributed by atoms with E-state index in [9.17, 15) is 18.3 Å². The number of sulfone groups is 1. The molecule has 8 heteroatoms. The average molecular weight is 432 g/mol. The van der Waals surface area contributed by atoms with E-state index in [0.717, 1.165) is 11.8 Å². The molecule has 0 fully saturated rings. The normalized spacial score (nSPS) is 11.8. The molecule has 4 rings (SSSR count). The molecule has 5 nitrogen and oxygen atoms in total. The Labute approximate surface area is 169 Å². The summed E-state index contributed by atoms with van der Waals surface area (Å²) in [5.41, 5.74) is 1.22. The summed E-state index contributed by atoms with van der Waals surface area (Å²) in [7, 11) is -3.46. The van der Waals surface area contributed by atoms with Crippen molar-refractivity contribution in [1.82, 2.24) is 4.98 Å². The van der Waals surface area contributed by atoms with Gasteiger partial charge < -0.3 is 10.1 Å². The van der Waals surface area contributed by atoms with E-state index in [0.29, 0.717) is 25.7 Å². The van der Waals surface area contributed by atoms with Crippen molar-refractivity contribution >= 4 is 43.0 Å². The highest BCUT2D eigenvalue weighted by atomic mass is 35.5. The maximum atomic E-state index is 12.7. The second-order valence-electron chi connectivity index (χ2n) is 6.30. The standard InChI is InChI=1S/C20H14ClNO4S2/c1-28(25,26)13-9-5-8-12(10-13)15-17(23)16-14(11-6-3-2-4-7-11)18(21)27-20(16)22-19(15)24/h2-10H,1H3,(H2,22,23,24). The summed E-state index contributed by atoms with van der Waals surface area (Å²) in [5.74, 6) is -0.230. The fourth-order valence-corrected chi connectivity index (χ4v) is 5.18. The van der Waals surface area contributed by atoms with Gasteiger partial charge in [-0.2, -0.15) is 0 Å². The van der Waals surface area contributed by atoms with Gasteiger partial charge in [-0.25, -0.2) is 8.42 Å². The topological polar surface area (TPSA) is 87.2 Å². The minimum absolute atomic E-state index is 0.00430. The monoisotopic (exact) mass is 431 g/mol. The van der Waals surface area contributed by atoms with Crippen LogP contribution in [0.25, 0.3) is 32.5 Å². The van der Waals surface area contributed by atoms with Crippen LogP contribution >= 0.6 is 22.9 Å². The average Bonchev–Trinajstić information content (AvgIpc) is 2.98. The molecule has 2 aromatic heterocycles. The molecule has 0 aliphatic carbocycles. The minimum atomic E-state index is -3.46. The van der Waals surface area contributed by atoms with Crippen LogP contribution in [0.1, 0.15) is 0 Å². The summed E-state index contributed by atoms with van der Waals surface area (Å²) < 4.78 is 24.2. The number of rotatable bonds is 3. The molecule has 0 bridgehead atoms. The zero-order valence-electron chi connectivity index (χ0n) is 14.6. The van der Waals surface area contributed by atoms with E-state index < -0.39 is 15.4 Å². The summed E-state index contributed by atoms with van der Waals surface area (Å²) in [5, 5.41) is 11.4. The fraction of sp³-hybridized carbons (Fsp3) is 0.0500. The van der Waals surface area contributed by atoms with Gasteiger partial charge in [0.1, 0.15) is 14.9 Å². The molecule has 0 radical (unpaired) electrons. The Morgan fingerprint density at radius 1 is 1.00 bits per heavy atom. The van der Waals surface area contributed by atoms with Crippen molar-refractivity contribution < 1.29 is 13.5 Å². The van der Waals surface area contributed by atoms with Crippen molar-refractivity contribution in [2.75, 3.05) is 6.26 Å². The lowest BCUT2D eigenvalue weighted by Gasteiger charge is -2.09. The Bertz CT molecular complexity index is 1370. The van der Waals surface area contributed by atoms with Gasteiger partial charge in [0, 0.05) is 11.8 Å². The number of pyridine rings is 1. The number of hydrogen-bond acceptors (Lipinski definition) is 5. The molecule has 0 unspecified atom stereocenters. The van der Waals surface area contributed by atoms with Crippen molar-refractivity contribution in [2.24, 2.45) is 0 Å². The Hall–Kier alpha value is -2.61. The van der Waals surface area contributed by atoms with Crippen molar-refractivity contribution in [1.29, 1.82) is 0 Å². The quantitative estimate of drug-likeness (QED) is 0.492. The van der Waals surface area contributed by atoms with Crippen LogP contribution in [-0.2, 0) is 9.84 Å². The molecule has 2 heterocycles. The molecule has 0 aliphatic heterocycles. The molecular weight excluding hydrogens is 418 g/mol. The number of aromatic hydroxyl groups is 1. The van der Waals surface area contributed by atoms with Crippen LogP contribution in [0.2, 0.25) is 4.34 Å². The second-order valence-corrected chi connectivity index (χ2v) is 9.94. The third-order valence-corrected chi connectivity index (χ3v) is 6.83. The largest absolute Gasteiger partial charge is 0.506 e. The molecule has 0 aliphatic rings. The highest BCUT2D eigenvalue weighted by Gasteiger charge is 2.22. The van der Waals surface area contributed by atoms with E-state index in [1.165, 1.54) is 29.5 Å². The van der Waals surface area contributed by atoms with Gasteiger partial charge in [0.2, 0.25) is 0 Å². The first kappa shape index (κ1) is 18.7. The first-order valence-electron chi connectivity index (χ1n) is 8.20. The van der Waals surface area contributed by atoms with Crippen molar-refractivity contribution in [2.45, 2.75) is 4.90 Å². The van der Waals surface area contributed by atoms with E-state index in [-0.39, 0.29) is 16.2 Å². The number of halogens is 1. The lowest BCUT2D eigenvalue weighted by molar-refractivity contribution is 0.483. The van der Waals surface area contributed by atoms with Gasteiger partial charge in [0.05, 0.1) is 15.8 Å². The van der Waals surface area contributed by atoms with Gasteiger partial charge in [-0.1, -0.05) is 54.1 Å². The van der Waals surface area contributed by atoms with Gasteiger partial charge >= 0.3 is 0 Å². The smallest absolute Gasteiger partial charge is 0.260 e. The molecule has 0 atom stereocenters. The number of aromatic nitrogens is 1. The van der Waals surface area contributed by atoms with Crippen LogP contribution in [0.15, 0.2) is 64.3 Å². The Morgan fingerprint density at radius 3 is 2.36 bits per heavy atom. The highest BCUT2D eigenvalue weighted by Crippen LogP contribution is 2.46. The van der Waals surface area contributed by atoms with E-state index in [1.54, 1.807) is 6.07 Å². The summed E-state index contributed by atoms with van der Waals surface area (Å²) in [6, 6.07) is 15.2. The van der Waals surface area contributed by atoms with Crippen LogP contribution in [0.3, 0.4) is 0 Å². The predicted octanol–water partition coefficient (Wildman–Crippen LogP) is 4.69. The van der Waals surface area contributed by atoms with Gasteiger partial charge in [-0.05, 0) is 23.3 Å². The van der Waals surface area contributed by atoms with Crippen LogP contribution in [0.5, 0.6) is 5.75 Å². The molecular formula is C20H14ClNO4S2. The maximum Gasteiger partial charge on any atom is 0.260 e. The van der Waals surface area contributed by atoms with Crippen molar-refractivity contribution in [3.63, 3.8) is 0 Å². The van der Waals surface area contributed by atoms with Crippen LogP contribution < -0.4 is 5.56 Å². The fourth-order valence-electron chi connectivity index (χ4n) is 3.13. The molecule has 28 heavy (non-hydrogen) atoms. The van der Waals surface area contributed by atoms with Gasteiger partial charge in [-0.3, -0.25) is 4.79 Å². The third kappa shape index (κ3) is 3.11. The van der Waals surface area contributed by atoms with Gasteiger partial charge in [0.25, 0.3) is 5.56 Å². The van der Waals surface area contributed by atoms with Crippen LogP contribution in [-0.4, -0.2) is 24.8 Å². The SMILES string of the molecule is CS(=O)(=O)c1cccc(-c2c(O)c3c(-c4ccccc4)c(Cl)sc3[nH]c2=O)c1. The molecule has 0 amide bonds. The van der Waals surface area contributed by atoms with Crippen LogP contribution in [0.4, 0.5) is 0 Å². The first-order valence-corrected chi connectivity index (χ1v) is 11.3. The molecule has 0 saturated carbocycles. The first-order chi connectivity index (χ1) is 13.3. The summed E-state index contributed by atoms with van der Waals surface area (Å²) >= 11 is 7.58. The second kappa shape index (κ2) is 6.77. The molecule has 2 aromatic carbocycles. The Morgan fingerprint density at radius 2 is 1.68 bits per heavy atom. The van der Waals surface area contributed by atoms with Gasteiger partial charge in [-0.15, -0.1) is 11.3 Å². The molecule has 4 aromatic rings. The minimum Gasteiger partial charge on any atom is -0.506 e. The number of thiophene rings is 1. The predicted molar refractivity (Wildman–Crippen MR) is 113 cm³/mol. The van der Waals surface area contributed by atoms with Gasteiger partial charge in [0.15, 0.2) is 9.84 Å². The number of H-pyrrole nitrogens is 1. The number of fused-ring (bicyclic) bond motifs is 1. The maximum absolute atomic E-state index is 12.7.